The van der Waals surface area contributed by atoms with Crippen LogP contribution < -0.4 is 5.32 Å². The maximum atomic E-state index is 13.0. The number of hydrogen-bond donors (Lipinski definition) is 1. The minimum atomic E-state index is -3.53. The number of carbonyl (C=O) groups excluding carboxylic acids is 1. The molecule has 134 valence electrons. The fraction of sp³-hybridized carbons (Fsp3) is 0.389. The van der Waals surface area contributed by atoms with Gasteiger partial charge in [0.05, 0.1) is 10.5 Å². The van der Waals surface area contributed by atoms with Gasteiger partial charge in [0.2, 0.25) is 10.0 Å². The summed E-state index contributed by atoms with van der Waals surface area (Å²) in [4.78, 5) is 12.3. The number of nitrogens with zero attached hydrogens (tertiary/aromatic N) is 1. The molecule has 1 aliphatic heterocycles. The lowest BCUT2D eigenvalue weighted by atomic mass is 10.0. The minimum absolute atomic E-state index is 0.00622. The first-order valence-electron chi connectivity index (χ1n) is 8.37. The SMILES string of the molecule is CC1CCCC(C)N1S(=O)(=O)c1ccc(NC(=O)c2ccsc2)cc1. The van der Waals surface area contributed by atoms with E-state index in [1.807, 2.05) is 19.2 Å². The summed E-state index contributed by atoms with van der Waals surface area (Å²) in [7, 11) is -3.53. The highest BCUT2D eigenvalue weighted by Crippen LogP contribution is 2.30. The lowest BCUT2D eigenvalue weighted by molar-refractivity contribution is 0.102. The molecule has 1 amide bonds. The molecule has 5 nitrogen and oxygen atoms in total. The molecule has 0 radical (unpaired) electrons. The third-order valence-electron chi connectivity index (χ3n) is 4.58. The van der Waals surface area contributed by atoms with Gasteiger partial charge in [-0.05, 0) is 62.4 Å². The Hall–Kier alpha value is -1.70. The van der Waals surface area contributed by atoms with Crippen LogP contribution in [-0.4, -0.2) is 30.7 Å². The van der Waals surface area contributed by atoms with E-state index in [9.17, 15) is 13.2 Å². The van der Waals surface area contributed by atoms with Crippen molar-refractivity contribution in [1.29, 1.82) is 0 Å². The number of benzene rings is 1. The Morgan fingerprint density at radius 3 is 2.32 bits per heavy atom. The maximum Gasteiger partial charge on any atom is 0.256 e. The van der Waals surface area contributed by atoms with Crippen LogP contribution in [0.4, 0.5) is 5.69 Å². The zero-order chi connectivity index (χ0) is 18.0. The Bertz CT molecular complexity index is 820. The summed E-state index contributed by atoms with van der Waals surface area (Å²) in [6, 6.07) is 8.16. The molecule has 2 heterocycles. The zero-order valence-electron chi connectivity index (χ0n) is 14.3. The fourth-order valence-electron chi connectivity index (χ4n) is 3.30. The lowest BCUT2D eigenvalue weighted by Gasteiger charge is -2.37. The summed E-state index contributed by atoms with van der Waals surface area (Å²) < 4.78 is 27.6. The van der Waals surface area contributed by atoms with E-state index in [2.05, 4.69) is 5.32 Å². The first-order valence-corrected chi connectivity index (χ1v) is 10.7. The number of carbonyl (C=O) groups is 1. The van der Waals surface area contributed by atoms with Gasteiger partial charge in [-0.2, -0.15) is 15.6 Å². The van der Waals surface area contributed by atoms with Crippen molar-refractivity contribution in [1.82, 2.24) is 4.31 Å². The topological polar surface area (TPSA) is 66.5 Å². The number of piperidine rings is 1. The molecule has 1 aliphatic rings. The van der Waals surface area contributed by atoms with Crippen molar-refractivity contribution >= 4 is 33.0 Å². The zero-order valence-corrected chi connectivity index (χ0v) is 15.9. The van der Waals surface area contributed by atoms with Crippen molar-refractivity contribution in [2.75, 3.05) is 5.32 Å². The molecule has 2 unspecified atom stereocenters. The summed E-state index contributed by atoms with van der Waals surface area (Å²) in [6.07, 6.45) is 2.83. The molecule has 25 heavy (non-hydrogen) atoms. The Labute approximate surface area is 152 Å². The van der Waals surface area contributed by atoms with Crippen molar-refractivity contribution in [3.05, 3.63) is 46.7 Å². The molecule has 1 fully saturated rings. The van der Waals surface area contributed by atoms with Gasteiger partial charge < -0.3 is 5.32 Å². The van der Waals surface area contributed by atoms with Crippen molar-refractivity contribution < 1.29 is 13.2 Å². The fourth-order valence-corrected chi connectivity index (χ4v) is 5.82. The smallest absolute Gasteiger partial charge is 0.256 e. The molecule has 2 aromatic rings. The third-order valence-corrected chi connectivity index (χ3v) is 7.41. The van der Waals surface area contributed by atoms with Gasteiger partial charge in [-0.15, -0.1) is 0 Å². The van der Waals surface area contributed by atoms with Crippen LogP contribution in [0.25, 0.3) is 0 Å². The van der Waals surface area contributed by atoms with E-state index in [-0.39, 0.29) is 22.9 Å². The maximum absolute atomic E-state index is 13.0. The second-order valence-electron chi connectivity index (χ2n) is 6.45. The standard InChI is InChI=1S/C18H22N2O3S2/c1-13-4-3-5-14(2)20(13)25(22,23)17-8-6-16(7-9-17)19-18(21)15-10-11-24-12-15/h6-14H,3-5H2,1-2H3,(H,19,21). The largest absolute Gasteiger partial charge is 0.322 e. The summed E-state index contributed by atoms with van der Waals surface area (Å²) in [5.74, 6) is -0.199. The molecule has 0 saturated carbocycles. The molecule has 0 bridgehead atoms. The van der Waals surface area contributed by atoms with Crippen LogP contribution in [0.5, 0.6) is 0 Å². The van der Waals surface area contributed by atoms with Gasteiger partial charge in [-0.1, -0.05) is 6.42 Å². The van der Waals surface area contributed by atoms with Gasteiger partial charge in [0.15, 0.2) is 0 Å². The average Bonchev–Trinajstić information content (AvgIpc) is 3.09. The summed E-state index contributed by atoms with van der Waals surface area (Å²) >= 11 is 1.45. The van der Waals surface area contributed by atoms with Crippen LogP contribution in [0, 0.1) is 0 Å². The number of amides is 1. The summed E-state index contributed by atoms with van der Waals surface area (Å²) in [5, 5.41) is 6.39. The van der Waals surface area contributed by atoms with E-state index in [0.717, 1.165) is 19.3 Å². The first-order chi connectivity index (χ1) is 11.9. The van der Waals surface area contributed by atoms with Crippen molar-refractivity contribution in [2.24, 2.45) is 0 Å². The molecular formula is C18H22N2O3S2. The van der Waals surface area contributed by atoms with Gasteiger partial charge in [-0.25, -0.2) is 8.42 Å². The van der Waals surface area contributed by atoms with Crippen LogP contribution in [-0.2, 0) is 10.0 Å². The van der Waals surface area contributed by atoms with Gasteiger partial charge in [0.25, 0.3) is 5.91 Å². The van der Waals surface area contributed by atoms with Gasteiger partial charge >= 0.3 is 0 Å². The predicted octanol–water partition coefficient (Wildman–Crippen LogP) is 3.95. The molecular weight excluding hydrogens is 356 g/mol. The Morgan fingerprint density at radius 1 is 1.12 bits per heavy atom. The average molecular weight is 379 g/mol. The molecule has 7 heteroatoms. The number of hydrogen-bond acceptors (Lipinski definition) is 4. The highest BCUT2D eigenvalue weighted by molar-refractivity contribution is 7.89. The van der Waals surface area contributed by atoms with Crippen molar-refractivity contribution in [3.63, 3.8) is 0 Å². The van der Waals surface area contributed by atoms with E-state index in [0.29, 0.717) is 11.3 Å². The third kappa shape index (κ3) is 3.78. The number of nitrogens with one attached hydrogen (secondary N) is 1. The van der Waals surface area contributed by atoms with E-state index >= 15 is 0 Å². The highest BCUT2D eigenvalue weighted by Gasteiger charge is 2.35. The van der Waals surface area contributed by atoms with Crippen LogP contribution >= 0.6 is 11.3 Å². The Balaban J connectivity index is 1.78. The minimum Gasteiger partial charge on any atom is -0.322 e. The number of sulfonamides is 1. The van der Waals surface area contributed by atoms with E-state index < -0.39 is 10.0 Å². The number of rotatable bonds is 4. The second kappa shape index (κ2) is 7.27. The molecule has 1 saturated heterocycles. The van der Waals surface area contributed by atoms with Gasteiger partial charge in [0.1, 0.15) is 0 Å². The molecule has 2 atom stereocenters. The first kappa shape index (κ1) is 18.1. The van der Waals surface area contributed by atoms with Crippen LogP contribution in [0.15, 0.2) is 46.0 Å². The molecule has 0 aliphatic carbocycles. The quantitative estimate of drug-likeness (QED) is 0.876. The monoisotopic (exact) mass is 378 g/mol. The van der Waals surface area contributed by atoms with Gasteiger partial charge in [-0.3, -0.25) is 4.79 Å². The number of thiophene rings is 1. The number of anilines is 1. The second-order valence-corrected chi connectivity index (χ2v) is 9.08. The van der Waals surface area contributed by atoms with E-state index in [1.54, 1.807) is 40.0 Å². The molecule has 0 spiro atoms. The molecule has 1 aromatic carbocycles. The lowest BCUT2D eigenvalue weighted by Crippen LogP contribution is -2.47. The van der Waals surface area contributed by atoms with Crippen LogP contribution in [0.1, 0.15) is 43.5 Å². The Morgan fingerprint density at radius 2 is 1.76 bits per heavy atom. The molecule has 1 N–H and O–H groups in total. The normalized spacial score (nSPS) is 21.8. The van der Waals surface area contributed by atoms with Crippen LogP contribution in [0.3, 0.4) is 0 Å². The van der Waals surface area contributed by atoms with E-state index in [1.165, 1.54) is 11.3 Å². The summed E-state index contributed by atoms with van der Waals surface area (Å²) in [5.41, 5.74) is 1.17. The predicted molar refractivity (Wildman–Crippen MR) is 101 cm³/mol. The molecule has 3 rings (SSSR count). The van der Waals surface area contributed by atoms with Crippen molar-refractivity contribution in [3.8, 4) is 0 Å². The molecule has 1 aromatic heterocycles. The van der Waals surface area contributed by atoms with Gasteiger partial charge in [0, 0.05) is 23.2 Å². The highest BCUT2D eigenvalue weighted by atomic mass is 32.2. The Kier molecular flexibility index (Phi) is 5.27. The van der Waals surface area contributed by atoms with Crippen molar-refractivity contribution in [2.45, 2.75) is 50.1 Å². The van der Waals surface area contributed by atoms with E-state index in [4.69, 9.17) is 0 Å². The van der Waals surface area contributed by atoms with Crippen LogP contribution in [0.2, 0.25) is 0 Å². The summed E-state index contributed by atoms with van der Waals surface area (Å²) in [6.45, 7) is 3.92.